The summed E-state index contributed by atoms with van der Waals surface area (Å²) in [6, 6.07) is 0. The highest BCUT2D eigenvalue weighted by Gasteiger charge is 2.32. The average Bonchev–Trinajstić information content (AvgIpc) is 1.95. The molecule has 13 heavy (non-hydrogen) atoms. The molecular weight excluding hydrogens is 162 g/mol. The van der Waals surface area contributed by atoms with Gasteiger partial charge in [0.1, 0.15) is 0 Å². The molecule has 0 spiro atoms. The summed E-state index contributed by atoms with van der Waals surface area (Å²) >= 11 is 0. The maximum atomic E-state index is 5.85. The van der Waals surface area contributed by atoms with Gasteiger partial charge in [0.25, 0.3) is 0 Å². The average molecular weight is 185 g/mol. The van der Waals surface area contributed by atoms with Crippen LogP contribution in [0.15, 0.2) is 0 Å². The van der Waals surface area contributed by atoms with Crippen molar-refractivity contribution in [3.8, 4) is 0 Å². The number of nitrogens with zero attached hydrogens (tertiary/aromatic N) is 1. The van der Waals surface area contributed by atoms with Crippen molar-refractivity contribution in [3.05, 3.63) is 0 Å². The summed E-state index contributed by atoms with van der Waals surface area (Å²) in [5.74, 6) is 0. The van der Waals surface area contributed by atoms with Crippen molar-refractivity contribution in [2.24, 2.45) is 0 Å². The zero-order valence-electron chi connectivity index (χ0n) is 9.63. The first-order valence-corrected chi connectivity index (χ1v) is 5.28. The summed E-state index contributed by atoms with van der Waals surface area (Å²) in [6.45, 7) is 9.98. The molecule has 1 atom stereocenters. The van der Waals surface area contributed by atoms with Gasteiger partial charge < -0.3 is 9.64 Å². The van der Waals surface area contributed by atoms with E-state index in [-0.39, 0.29) is 0 Å². The maximum absolute atomic E-state index is 5.85. The molecule has 2 nitrogen and oxygen atoms in total. The van der Waals surface area contributed by atoms with Gasteiger partial charge in [0.15, 0.2) is 0 Å². The van der Waals surface area contributed by atoms with Gasteiger partial charge in [0.05, 0.1) is 12.2 Å². The summed E-state index contributed by atoms with van der Waals surface area (Å²) in [5, 5.41) is 0. The van der Waals surface area contributed by atoms with Gasteiger partial charge in [-0.2, -0.15) is 0 Å². The molecule has 0 aliphatic carbocycles. The minimum atomic E-state index is 0.303. The van der Waals surface area contributed by atoms with Gasteiger partial charge >= 0.3 is 0 Å². The molecule has 0 aromatic heterocycles. The van der Waals surface area contributed by atoms with Gasteiger partial charge in [0, 0.05) is 12.1 Å². The Labute approximate surface area is 82.3 Å². The first kappa shape index (κ1) is 11.0. The van der Waals surface area contributed by atoms with E-state index in [0.29, 0.717) is 17.7 Å². The van der Waals surface area contributed by atoms with Crippen LogP contribution in [0.1, 0.15) is 40.5 Å². The fourth-order valence-electron chi connectivity index (χ4n) is 1.96. The number of hydrogen-bond acceptors (Lipinski definition) is 2. The molecule has 0 aromatic rings. The Morgan fingerprint density at radius 2 is 2.00 bits per heavy atom. The van der Waals surface area contributed by atoms with Gasteiger partial charge in [-0.05, 0) is 47.6 Å². The van der Waals surface area contributed by atoms with E-state index >= 15 is 0 Å². The molecule has 0 bridgehead atoms. The molecule has 1 unspecified atom stereocenters. The van der Waals surface area contributed by atoms with Gasteiger partial charge in [-0.15, -0.1) is 0 Å². The smallest absolute Gasteiger partial charge is 0.0608 e. The summed E-state index contributed by atoms with van der Waals surface area (Å²) in [7, 11) is 2.20. The highest BCUT2D eigenvalue weighted by atomic mass is 16.5. The number of hydrogen-bond donors (Lipinski definition) is 0. The van der Waals surface area contributed by atoms with E-state index in [4.69, 9.17) is 4.74 Å². The van der Waals surface area contributed by atoms with Crippen LogP contribution in [0, 0.1) is 0 Å². The lowest BCUT2D eigenvalue weighted by atomic mass is 9.89. The SMILES string of the molecule is CC(C)OC1CCN(C)C(C)(C)C1. The molecule has 0 radical (unpaired) electrons. The molecule has 0 aromatic carbocycles. The first-order valence-electron chi connectivity index (χ1n) is 5.28. The largest absolute Gasteiger partial charge is 0.375 e. The molecule has 0 amide bonds. The fraction of sp³-hybridized carbons (Fsp3) is 1.00. The lowest BCUT2D eigenvalue weighted by Crippen LogP contribution is -2.50. The predicted octanol–water partition coefficient (Wildman–Crippen LogP) is 2.28. The van der Waals surface area contributed by atoms with E-state index in [9.17, 15) is 0 Å². The molecule has 2 heteroatoms. The number of rotatable bonds is 2. The highest BCUT2D eigenvalue weighted by molar-refractivity contribution is 4.88. The lowest BCUT2D eigenvalue weighted by molar-refractivity contribution is -0.0593. The lowest BCUT2D eigenvalue weighted by Gasteiger charge is -2.43. The van der Waals surface area contributed by atoms with Crippen molar-refractivity contribution in [2.45, 2.75) is 58.3 Å². The Balaban J connectivity index is 2.46. The molecule has 1 aliphatic heterocycles. The normalized spacial score (nSPS) is 29.5. The minimum Gasteiger partial charge on any atom is -0.375 e. The summed E-state index contributed by atoms with van der Waals surface area (Å²) in [5.41, 5.74) is 0.303. The van der Waals surface area contributed by atoms with Crippen LogP contribution in [-0.4, -0.2) is 36.2 Å². The van der Waals surface area contributed by atoms with Gasteiger partial charge in [-0.25, -0.2) is 0 Å². The van der Waals surface area contributed by atoms with Gasteiger partial charge in [-0.1, -0.05) is 0 Å². The standard InChI is InChI=1S/C11H23NO/c1-9(2)13-10-6-7-12(5)11(3,4)8-10/h9-10H,6-8H2,1-5H3. The second-order valence-electron chi connectivity index (χ2n) is 5.03. The van der Waals surface area contributed by atoms with Crippen LogP contribution in [0.25, 0.3) is 0 Å². The van der Waals surface area contributed by atoms with Crippen molar-refractivity contribution < 1.29 is 4.74 Å². The summed E-state index contributed by atoms with van der Waals surface area (Å²) in [6.07, 6.45) is 3.16. The monoisotopic (exact) mass is 185 g/mol. The number of ether oxygens (including phenoxy) is 1. The minimum absolute atomic E-state index is 0.303. The summed E-state index contributed by atoms with van der Waals surface area (Å²) < 4.78 is 5.85. The van der Waals surface area contributed by atoms with Crippen LogP contribution in [0.4, 0.5) is 0 Å². The quantitative estimate of drug-likeness (QED) is 0.654. The van der Waals surface area contributed by atoms with Crippen LogP contribution < -0.4 is 0 Å². The van der Waals surface area contributed by atoms with Crippen molar-refractivity contribution in [2.75, 3.05) is 13.6 Å². The van der Waals surface area contributed by atoms with Crippen molar-refractivity contribution >= 4 is 0 Å². The van der Waals surface area contributed by atoms with Gasteiger partial charge in [0.2, 0.25) is 0 Å². The van der Waals surface area contributed by atoms with Gasteiger partial charge in [-0.3, -0.25) is 0 Å². The maximum Gasteiger partial charge on any atom is 0.0608 e. The third kappa shape index (κ3) is 2.96. The van der Waals surface area contributed by atoms with E-state index in [2.05, 4.69) is 39.6 Å². The zero-order valence-corrected chi connectivity index (χ0v) is 9.63. The van der Waals surface area contributed by atoms with E-state index in [1.54, 1.807) is 0 Å². The van der Waals surface area contributed by atoms with Crippen LogP contribution in [0.5, 0.6) is 0 Å². The van der Waals surface area contributed by atoms with Crippen molar-refractivity contribution in [1.29, 1.82) is 0 Å². The third-order valence-corrected chi connectivity index (χ3v) is 3.01. The Hall–Kier alpha value is -0.0800. The van der Waals surface area contributed by atoms with Crippen LogP contribution >= 0.6 is 0 Å². The molecule has 1 fully saturated rings. The van der Waals surface area contributed by atoms with Crippen LogP contribution in [-0.2, 0) is 4.74 Å². The Kier molecular flexibility index (Phi) is 3.36. The van der Waals surface area contributed by atoms with Crippen molar-refractivity contribution in [3.63, 3.8) is 0 Å². The van der Waals surface area contributed by atoms with E-state index in [0.717, 1.165) is 13.0 Å². The Morgan fingerprint density at radius 1 is 1.38 bits per heavy atom. The molecule has 0 saturated carbocycles. The van der Waals surface area contributed by atoms with E-state index in [1.165, 1.54) is 6.42 Å². The summed E-state index contributed by atoms with van der Waals surface area (Å²) in [4.78, 5) is 2.42. The predicted molar refractivity (Wildman–Crippen MR) is 56.0 cm³/mol. The first-order chi connectivity index (χ1) is 5.92. The van der Waals surface area contributed by atoms with E-state index < -0.39 is 0 Å². The van der Waals surface area contributed by atoms with Crippen LogP contribution in [0.3, 0.4) is 0 Å². The molecule has 1 saturated heterocycles. The molecule has 1 aliphatic rings. The number of piperidine rings is 1. The van der Waals surface area contributed by atoms with Crippen molar-refractivity contribution in [1.82, 2.24) is 4.90 Å². The van der Waals surface area contributed by atoms with E-state index in [1.807, 2.05) is 0 Å². The fourth-order valence-corrected chi connectivity index (χ4v) is 1.96. The second-order valence-corrected chi connectivity index (χ2v) is 5.03. The van der Waals surface area contributed by atoms with Crippen LogP contribution in [0.2, 0.25) is 0 Å². The molecular formula is C11H23NO. The molecule has 0 N–H and O–H groups in total. The Bertz CT molecular complexity index is 165. The number of likely N-dealkylation sites (tertiary alicyclic amines) is 1. The second kappa shape index (κ2) is 3.97. The topological polar surface area (TPSA) is 12.5 Å². The molecule has 78 valence electrons. The zero-order chi connectivity index (χ0) is 10.1. The third-order valence-electron chi connectivity index (χ3n) is 3.01. The highest BCUT2D eigenvalue weighted by Crippen LogP contribution is 2.28. The molecule has 1 heterocycles. The Morgan fingerprint density at radius 3 is 2.46 bits per heavy atom. The molecule has 1 rings (SSSR count).